The smallest absolute Gasteiger partial charge is 0.308 e. The maximum Gasteiger partial charge on any atom is 0.308 e. The number of hydrogen-bond acceptors (Lipinski definition) is 3. The summed E-state index contributed by atoms with van der Waals surface area (Å²) in [7, 11) is 0. The van der Waals surface area contributed by atoms with Crippen molar-refractivity contribution in [1.29, 1.82) is 0 Å². The first kappa shape index (κ1) is 11.5. The summed E-state index contributed by atoms with van der Waals surface area (Å²) in [4.78, 5) is 34.5. The fourth-order valence-electron chi connectivity index (χ4n) is 1.36. The Labute approximate surface area is 87.2 Å². The van der Waals surface area contributed by atoms with E-state index in [0.29, 0.717) is 6.54 Å². The van der Waals surface area contributed by atoms with E-state index in [2.05, 4.69) is 5.32 Å². The van der Waals surface area contributed by atoms with Crippen LogP contribution in [-0.4, -0.2) is 47.4 Å². The Hall–Kier alpha value is -1.59. The Balaban J connectivity index is 2.60. The Morgan fingerprint density at radius 2 is 2.27 bits per heavy atom. The first-order valence-electron chi connectivity index (χ1n) is 4.78. The van der Waals surface area contributed by atoms with Crippen molar-refractivity contribution in [2.24, 2.45) is 5.92 Å². The Morgan fingerprint density at radius 1 is 1.60 bits per heavy atom. The number of hydrogen-bond donors (Lipinski definition) is 2. The van der Waals surface area contributed by atoms with Crippen LogP contribution in [0.25, 0.3) is 0 Å². The second kappa shape index (κ2) is 4.77. The summed E-state index contributed by atoms with van der Waals surface area (Å²) in [6.07, 6.45) is 0.234. The van der Waals surface area contributed by atoms with Gasteiger partial charge in [-0.15, -0.1) is 0 Å². The van der Waals surface area contributed by atoms with Gasteiger partial charge in [0.25, 0.3) is 0 Å². The molecule has 1 atom stereocenters. The van der Waals surface area contributed by atoms with Crippen LogP contribution in [0.15, 0.2) is 0 Å². The van der Waals surface area contributed by atoms with Crippen LogP contribution in [0, 0.1) is 5.92 Å². The van der Waals surface area contributed by atoms with E-state index >= 15 is 0 Å². The molecule has 2 N–H and O–H groups in total. The summed E-state index contributed by atoms with van der Waals surface area (Å²) in [6.45, 7) is 1.88. The average molecular weight is 214 g/mol. The van der Waals surface area contributed by atoms with Crippen LogP contribution in [-0.2, 0) is 14.4 Å². The highest BCUT2D eigenvalue weighted by Gasteiger charge is 2.24. The van der Waals surface area contributed by atoms with Gasteiger partial charge in [-0.1, -0.05) is 6.92 Å². The zero-order valence-electron chi connectivity index (χ0n) is 8.52. The number of carbonyl (C=O) groups is 3. The highest BCUT2D eigenvalue weighted by atomic mass is 16.4. The summed E-state index contributed by atoms with van der Waals surface area (Å²) in [5.41, 5.74) is 0. The summed E-state index contributed by atoms with van der Waals surface area (Å²) >= 11 is 0. The molecule has 0 aromatic heterocycles. The van der Waals surface area contributed by atoms with E-state index in [1.54, 1.807) is 0 Å². The standard InChI is InChI=1S/C9H14N2O4/c1-6(9(14)15)4-11-5-7(12)10-3-2-8(11)13/h6H,2-5H2,1H3,(H,10,12)(H,14,15). The number of carboxylic acid groups (broad SMARTS) is 1. The van der Waals surface area contributed by atoms with Crippen molar-refractivity contribution in [2.75, 3.05) is 19.6 Å². The lowest BCUT2D eigenvalue weighted by molar-refractivity contribution is -0.143. The second-order valence-corrected chi connectivity index (χ2v) is 3.61. The summed E-state index contributed by atoms with van der Waals surface area (Å²) < 4.78 is 0. The molecule has 1 aliphatic rings. The minimum atomic E-state index is -0.965. The van der Waals surface area contributed by atoms with Gasteiger partial charge in [0.05, 0.1) is 12.5 Å². The molecule has 2 amide bonds. The van der Waals surface area contributed by atoms with E-state index in [1.807, 2.05) is 0 Å². The molecule has 0 radical (unpaired) electrons. The van der Waals surface area contributed by atoms with Gasteiger partial charge in [0.1, 0.15) is 0 Å². The number of amides is 2. The van der Waals surface area contributed by atoms with E-state index in [4.69, 9.17) is 5.11 Å². The van der Waals surface area contributed by atoms with Gasteiger partial charge in [0, 0.05) is 19.5 Å². The monoisotopic (exact) mass is 214 g/mol. The molecule has 6 nitrogen and oxygen atoms in total. The molecule has 1 unspecified atom stereocenters. The van der Waals surface area contributed by atoms with Gasteiger partial charge in [0.15, 0.2) is 0 Å². The Morgan fingerprint density at radius 3 is 2.87 bits per heavy atom. The van der Waals surface area contributed by atoms with Gasteiger partial charge in [-0.2, -0.15) is 0 Å². The van der Waals surface area contributed by atoms with Gasteiger partial charge in [-0.05, 0) is 0 Å². The third-order valence-corrected chi connectivity index (χ3v) is 2.26. The highest BCUT2D eigenvalue weighted by molar-refractivity contribution is 5.87. The van der Waals surface area contributed by atoms with Crippen molar-refractivity contribution in [3.63, 3.8) is 0 Å². The average Bonchev–Trinajstić information content (AvgIpc) is 2.29. The predicted molar refractivity (Wildman–Crippen MR) is 51.0 cm³/mol. The third kappa shape index (κ3) is 3.23. The van der Waals surface area contributed by atoms with Crippen molar-refractivity contribution in [1.82, 2.24) is 10.2 Å². The molecule has 1 saturated heterocycles. The van der Waals surface area contributed by atoms with Crippen molar-refractivity contribution >= 4 is 17.8 Å². The molecular weight excluding hydrogens is 200 g/mol. The molecular formula is C9H14N2O4. The molecule has 1 rings (SSSR count). The molecule has 84 valence electrons. The number of carboxylic acids is 1. The minimum absolute atomic E-state index is 0.0452. The molecule has 0 bridgehead atoms. The van der Waals surface area contributed by atoms with E-state index in [0.717, 1.165) is 0 Å². The fraction of sp³-hybridized carbons (Fsp3) is 0.667. The van der Waals surface area contributed by atoms with Crippen molar-refractivity contribution in [2.45, 2.75) is 13.3 Å². The van der Waals surface area contributed by atoms with E-state index < -0.39 is 11.9 Å². The third-order valence-electron chi connectivity index (χ3n) is 2.26. The van der Waals surface area contributed by atoms with Gasteiger partial charge in [0.2, 0.25) is 11.8 Å². The molecule has 0 aliphatic carbocycles. The van der Waals surface area contributed by atoms with Gasteiger partial charge >= 0.3 is 5.97 Å². The Kier molecular flexibility index (Phi) is 3.65. The fourth-order valence-corrected chi connectivity index (χ4v) is 1.36. The highest BCUT2D eigenvalue weighted by Crippen LogP contribution is 2.04. The number of aliphatic carboxylic acids is 1. The normalized spacial score (nSPS) is 19.4. The van der Waals surface area contributed by atoms with Crippen LogP contribution >= 0.6 is 0 Å². The molecule has 0 aromatic carbocycles. The van der Waals surface area contributed by atoms with Crippen LogP contribution in [0.3, 0.4) is 0 Å². The Bertz CT molecular complexity index is 290. The first-order valence-corrected chi connectivity index (χ1v) is 4.78. The molecule has 0 aromatic rings. The van der Waals surface area contributed by atoms with Crippen LogP contribution in [0.2, 0.25) is 0 Å². The number of rotatable bonds is 3. The maximum absolute atomic E-state index is 11.5. The van der Waals surface area contributed by atoms with E-state index in [-0.39, 0.29) is 31.3 Å². The van der Waals surface area contributed by atoms with Gasteiger partial charge < -0.3 is 15.3 Å². The lowest BCUT2D eigenvalue weighted by atomic mass is 10.1. The molecule has 1 aliphatic heterocycles. The van der Waals surface area contributed by atoms with Gasteiger partial charge in [-0.3, -0.25) is 14.4 Å². The number of nitrogens with one attached hydrogen (secondary N) is 1. The first-order chi connectivity index (χ1) is 7.00. The molecule has 0 saturated carbocycles. The maximum atomic E-state index is 11.5. The lowest BCUT2D eigenvalue weighted by Crippen LogP contribution is -2.39. The van der Waals surface area contributed by atoms with Crippen LogP contribution in [0.1, 0.15) is 13.3 Å². The summed E-state index contributed by atoms with van der Waals surface area (Å²) in [5, 5.41) is 11.3. The van der Waals surface area contributed by atoms with Crippen molar-refractivity contribution in [3.8, 4) is 0 Å². The number of carbonyl (C=O) groups excluding carboxylic acids is 2. The zero-order chi connectivity index (χ0) is 11.4. The quantitative estimate of drug-likeness (QED) is 0.634. The molecule has 1 fully saturated rings. The topological polar surface area (TPSA) is 86.7 Å². The second-order valence-electron chi connectivity index (χ2n) is 3.61. The van der Waals surface area contributed by atoms with E-state index in [1.165, 1.54) is 11.8 Å². The van der Waals surface area contributed by atoms with Crippen LogP contribution < -0.4 is 5.32 Å². The molecule has 0 spiro atoms. The molecule has 6 heteroatoms. The SMILES string of the molecule is CC(CN1CC(=O)NCCC1=O)C(=O)O. The van der Waals surface area contributed by atoms with E-state index in [9.17, 15) is 14.4 Å². The van der Waals surface area contributed by atoms with Crippen molar-refractivity contribution < 1.29 is 19.5 Å². The lowest BCUT2D eigenvalue weighted by Gasteiger charge is -2.21. The predicted octanol–water partition coefficient (Wildman–Crippen LogP) is -0.944. The van der Waals surface area contributed by atoms with Gasteiger partial charge in [-0.25, -0.2) is 0 Å². The number of nitrogens with zero attached hydrogens (tertiary/aromatic N) is 1. The summed E-state index contributed by atoms with van der Waals surface area (Å²) in [5.74, 6) is -2.04. The largest absolute Gasteiger partial charge is 0.481 e. The minimum Gasteiger partial charge on any atom is -0.481 e. The van der Waals surface area contributed by atoms with Crippen LogP contribution in [0.4, 0.5) is 0 Å². The zero-order valence-corrected chi connectivity index (χ0v) is 8.52. The summed E-state index contributed by atoms with van der Waals surface area (Å²) in [6, 6.07) is 0. The van der Waals surface area contributed by atoms with Crippen molar-refractivity contribution in [3.05, 3.63) is 0 Å². The van der Waals surface area contributed by atoms with Crippen LogP contribution in [0.5, 0.6) is 0 Å². The molecule has 1 heterocycles. The molecule has 15 heavy (non-hydrogen) atoms.